The number of halogens is 1. The number of amides is 1. The highest BCUT2D eigenvalue weighted by Crippen LogP contribution is 2.57. The minimum atomic E-state index is -0.415. The molecule has 2 heterocycles. The Bertz CT molecular complexity index is 897. The first kappa shape index (κ1) is 17.2. The molecule has 2 atom stereocenters. The van der Waals surface area contributed by atoms with Gasteiger partial charge >= 0.3 is 0 Å². The van der Waals surface area contributed by atoms with Crippen molar-refractivity contribution in [1.82, 2.24) is 0 Å². The fourth-order valence-corrected chi connectivity index (χ4v) is 5.00. The molecule has 0 saturated heterocycles. The number of hydrogen-bond acceptors (Lipinski definition) is 4. The van der Waals surface area contributed by atoms with E-state index in [9.17, 15) is 4.79 Å². The predicted octanol–water partition coefficient (Wildman–Crippen LogP) is 3.95. The number of ether oxygens (including phenoxy) is 2. The summed E-state index contributed by atoms with van der Waals surface area (Å²) in [5.41, 5.74) is 9.04. The summed E-state index contributed by atoms with van der Waals surface area (Å²) < 4.78 is 13.7. The molecule has 0 fully saturated rings. The van der Waals surface area contributed by atoms with Crippen LogP contribution in [0.1, 0.15) is 41.4 Å². The summed E-state index contributed by atoms with van der Waals surface area (Å²) in [5.74, 6) is 1.32. The van der Waals surface area contributed by atoms with Gasteiger partial charge in [-0.15, -0.1) is 0 Å². The van der Waals surface area contributed by atoms with Gasteiger partial charge in [0.05, 0.1) is 41.6 Å². The second-order valence-electron chi connectivity index (χ2n) is 7.37. The maximum Gasteiger partial charge on any atom is 0.248 e. The van der Waals surface area contributed by atoms with E-state index in [1.165, 1.54) is 0 Å². The van der Waals surface area contributed by atoms with Crippen molar-refractivity contribution in [2.45, 2.75) is 25.3 Å². The summed E-state index contributed by atoms with van der Waals surface area (Å²) in [6.45, 7) is 4.96. The number of benzene rings is 2. The van der Waals surface area contributed by atoms with Crippen LogP contribution in [-0.4, -0.2) is 19.6 Å². The summed E-state index contributed by atoms with van der Waals surface area (Å²) in [4.78, 5) is 11.7. The lowest BCUT2D eigenvalue weighted by Gasteiger charge is -2.51. The third-order valence-electron chi connectivity index (χ3n) is 5.71. The molecule has 4 rings (SSSR count). The average Bonchev–Trinajstić information content (AvgIpc) is 2.64. The van der Waals surface area contributed by atoms with Gasteiger partial charge < -0.3 is 19.1 Å². The van der Waals surface area contributed by atoms with E-state index < -0.39 is 5.91 Å². The van der Waals surface area contributed by atoms with Crippen molar-refractivity contribution in [3.8, 4) is 11.5 Å². The Morgan fingerprint density at radius 2 is 2.12 bits per heavy atom. The van der Waals surface area contributed by atoms with Crippen molar-refractivity contribution < 1.29 is 14.3 Å². The Balaban J connectivity index is 1.90. The summed E-state index contributed by atoms with van der Waals surface area (Å²) in [6.07, 6.45) is 0. The Hall–Kier alpha value is -2.21. The van der Waals surface area contributed by atoms with E-state index in [1.807, 2.05) is 24.3 Å². The zero-order valence-electron chi connectivity index (χ0n) is 15.0. The maximum atomic E-state index is 11.7. The molecule has 2 N–H and O–H groups in total. The highest BCUT2D eigenvalue weighted by Gasteiger charge is 2.50. The van der Waals surface area contributed by atoms with Crippen LogP contribution < -0.4 is 19.1 Å². The van der Waals surface area contributed by atoms with Crippen molar-refractivity contribution in [3.05, 3.63) is 53.1 Å². The molecule has 5 nitrogen and oxygen atoms in total. The van der Waals surface area contributed by atoms with Crippen LogP contribution in [0, 0.1) is 5.92 Å². The van der Waals surface area contributed by atoms with Gasteiger partial charge in [0.1, 0.15) is 0 Å². The van der Waals surface area contributed by atoms with E-state index in [2.05, 4.69) is 40.0 Å². The van der Waals surface area contributed by atoms with E-state index >= 15 is 0 Å². The van der Waals surface area contributed by atoms with Gasteiger partial charge in [0.15, 0.2) is 11.5 Å². The van der Waals surface area contributed by atoms with E-state index in [0.29, 0.717) is 12.2 Å². The fourth-order valence-electron chi connectivity index (χ4n) is 4.19. The van der Waals surface area contributed by atoms with Crippen LogP contribution in [0.5, 0.6) is 11.5 Å². The van der Waals surface area contributed by atoms with Crippen LogP contribution in [0.3, 0.4) is 0 Å². The first-order chi connectivity index (χ1) is 12.4. The number of nitrogens with two attached hydrogens (primary N) is 1. The number of carbonyl (C=O) groups excluding carboxylic acids is 1. The number of methoxy groups -OCH3 is 1. The van der Waals surface area contributed by atoms with Crippen LogP contribution in [0.15, 0.2) is 36.4 Å². The summed E-state index contributed by atoms with van der Waals surface area (Å²) >= 11 is 3.78. The lowest BCUT2D eigenvalue weighted by atomic mass is 9.65. The molecule has 0 radical (unpaired) electrons. The van der Waals surface area contributed by atoms with Gasteiger partial charge in [0.25, 0.3) is 0 Å². The van der Waals surface area contributed by atoms with Gasteiger partial charge in [-0.25, -0.2) is 0 Å². The highest BCUT2D eigenvalue weighted by atomic mass is 79.9. The molecule has 0 spiro atoms. The highest BCUT2D eigenvalue weighted by molar-refractivity contribution is 9.10. The molecule has 0 saturated carbocycles. The number of rotatable bonds is 2. The van der Waals surface area contributed by atoms with E-state index in [4.69, 9.17) is 15.2 Å². The average molecular weight is 417 g/mol. The fraction of sp³-hybridized carbons (Fsp3) is 0.350. The molecule has 0 aromatic heterocycles. The number of fused-ring (bicyclic) bond motifs is 4. The number of nitrogens with zero attached hydrogens (tertiary/aromatic N) is 1. The van der Waals surface area contributed by atoms with Gasteiger partial charge in [-0.1, -0.05) is 26.0 Å². The van der Waals surface area contributed by atoms with Crippen LogP contribution in [0.25, 0.3) is 0 Å². The van der Waals surface area contributed by atoms with Crippen LogP contribution in [0.2, 0.25) is 0 Å². The molecule has 2 unspecified atom stereocenters. The summed E-state index contributed by atoms with van der Waals surface area (Å²) in [5, 5.41) is 0. The molecule has 0 aliphatic carbocycles. The smallest absolute Gasteiger partial charge is 0.248 e. The molecule has 136 valence electrons. The van der Waals surface area contributed by atoms with Crippen molar-refractivity contribution in [3.63, 3.8) is 0 Å². The monoisotopic (exact) mass is 416 g/mol. The van der Waals surface area contributed by atoms with Gasteiger partial charge in [-0.05, 0) is 29.8 Å². The zero-order chi connectivity index (χ0) is 18.6. The molecule has 6 heteroatoms. The molecule has 2 aromatic rings. The molecule has 0 bridgehead atoms. The lowest BCUT2D eigenvalue weighted by molar-refractivity contribution is 0.0999. The first-order valence-electron chi connectivity index (χ1n) is 8.55. The van der Waals surface area contributed by atoms with E-state index in [-0.39, 0.29) is 17.4 Å². The molecule has 2 aliphatic heterocycles. The number of hydrogen-bond donors (Lipinski definition) is 1. The topological polar surface area (TPSA) is 64.8 Å². The number of anilines is 1. The Morgan fingerprint density at radius 3 is 2.81 bits per heavy atom. The molecular weight excluding hydrogens is 396 g/mol. The zero-order valence-corrected chi connectivity index (χ0v) is 16.5. The second kappa shape index (κ2) is 5.91. The van der Waals surface area contributed by atoms with E-state index in [1.54, 1.807) is 13.2 Å². The Labute approximate surface area is 161 Å². The van der Waals surface area contributed by atoms with Gasteiger partial charge in [-0.2, -0.15) is 0 Å². The standard InChI is InChI=1S/C20H21BrN2O3/c1-20(2)13-9-11(19(22)24)7-8-15(13)23(21)17-12-5-4-6-16(25-3)18(12)26-10-14(17)20/h4-9,14,17H,10H2,1-3H3,(H2,22,24). The van der Waals surface area contributed by atoms with Crippen molar-refractivity contribution >= 4 is 27.7 Å². The van der Waals surface area contributed by atoms with Crippen LogP contribution >= 0.6 is 16.1 Å². The minimum Gasteiger partial charge on any atom is -0.493 e. The molecule has 26 heavy (non-hydrogen) atoms. The number of carbonyl (C=O) groups is 1. The third-order valence-corrected chi connectivity index (χ3v) is 6.54. The summed E-state index contributed by atoms with van der Waals surface area (Å²) in [7, 11) is 1.66. The normalized spacial score (nSPS) is 22.5. The van der Waals surface area contributed by atoms with Crippen molar-refractivity contribution in [2.24, 2.45) is 11.7 Å². The molecule has 2 aliphatic rings. The van der Waals surface area contributed by atoms with Crippen LogP contribution in [-0.2, 0) is 5.41 Å². The maximum absolute atomic E-state index is 11.7. The van der Waals surface area contributed by atoms with Crippen molar-refractivity contribution in [2.75, 3.05) is 17.6 Å². The quantitative estimate of drug-likeness (QED) is 0.752. The van der Waals surface area contributed by atoms with Gasteiger partial charge in [0.2, 0.25) is 5.91 Å². The van der Waals surface area contributed by atoms with Gasteiger partial charge in [-0.3, -0.25) is 4.79 Å². The number of primary amides is 1. The molecule has 2 aromatic carbocycles. The summed E-state index contributed by atoms with van der Waals surface area (Å²) in [6, 6.07) is 11.7. The van der Waals surface area contributed by atoms with Crippen molar-refractivity contribution in [1.29, 1.82) is 0 Å². The Kier molecular flexibility index (Phi) is 3.91. The third kappa shape index (κ3) is 2.31. The molecular formula is C20H21BrN2O3. The largest absolute Gasteiger partial charge is 0.493 e. The van der Waals surface area contributed by atoms with Gasteiger partial charge in [0, 0.05) is 22.5 Å². The first-order valence-corrected chi connectivity index (χ1v) is 9.26. The predicted molar refractivity (Wildman–Crippen MR) is 104 cm³/mol. The second-order valence-corrected chi connectivity index (χ2v) is 8.13. The minimum absolute atomic E-state index is 0.0933. The Morgan fingerprint density at radius 1 is 1.35 bits per heavy atom. The lowest BCUT2D eigenvalue weighted by Crippen LogP contribution is -2.48. The van der Waals surface area contributed by atoms with E-state index in [0.717, 1.165) is 28.3 Å². The number of para-hydroxylation sites is 1. The van der Waals surface area contributed by atoms with Crippen LogP contribution in [0.4, 0.5) is 5.69 Å². The SMILES string of the molecule is COc1cccc2c1OCC1C2N(Br)c2ccc(C(N)=O)cc2C1(C)C. The molecule has 1 amide bonds.